The van der Waals surface area contributed by atoms with Gasteiger partial charge in [0.1, 0.15) is 23.2 Å². The lowest BCUT2D eigenvalue weighted by Crippen LogP contribution is -2.20. The van der Waals surface area contributed by atoms with Gasteiger partial charge in [0.05, 0.1) is 5.39 Å². The van der Waals surface area contributed by atoms with Gasteiger partial charge in [0.2, 0.25) is 5.43 Å². The first-order chi connectivity index (χ1) is 10.1. The highest BCUT2D eigenvalue weighted by Gasteiger charge is 2.18. The highest BCUT2D eigenvalue weighted by molar-refractivity contribution is 5.93. The van der Waals surface area contributed by atoms with E-state index in [0.29, 0.717) is 16.7 Å². The smallest absolute Gasteiger partial charge is 0.295 e. The average molecular weight is 285 g/mol. The van der Waals surface area contributed by atoms with Crippen molar-refractivity contribution in [1.29, 1.82) is 0 Å². The number of aromatic nitrogens is 2. The number of hydrogen-bond acceptors (Lipinski definition) is 5. The molecule has 106 valence electrons. The predicted molar refractivity (Wildman–Crippen MR) is 74.1 cm³/mol. The predicted octanol–water partition coefficient (Wildman–Crippen LogP) is 1.61. The molecule has 7 heteroatoms. The van der Waals surface area contributed by atoms with Crippen LogP contribution in [0.5, 0.6) is 0 Å². The molecule has 1 aromatic carbocycles. The van der Waals surface area contributed by atoms with Crippen LogP contribution < -0.4 is 10.9 Å². The highest BCUT2D eigenvalue weighted by atomic mass is 16.5. The van der Waals surface area contributed by atoms with Gasteiger partial charge in [-0.2, -0.15) is 0 Å². The second kappa shape index (κ2) is 4.88. The Balaban J connectivity index is 2.19. The Morgan fingerprint density at radius 3 is 2.90 bits per heavy atom. The molecule has 3 rings (SSSR count). The maximum Gasteiger partial charge on any atom is 0.295 e. The summed E-state index contributed by atoms with van der Waals surface area (Å²) in [6.07, 6.45) is 1.30. The molecule has 0 radical (unpaired) electrons. The molecule has 0 spiro atoms. The number of imidazole rings is 1. The minimum absolute atomic E-state index is 0.0139. The number of aromatic amines is 1. The van der Waals surface area contributed by atoms with Crippen molar-refractivity contribution in [2.45, 2.75) is 6.92 Å². The molecule has 2 aromatic heterocycles. The van der Waals surface area contributed by atoms with Gasteiger partial charge in [0.15, 0.2) is 5.69 Å². The van der Waals surface area contributed by atoms with E-state index in [1.54, 1.807) is 31.2 Å². The number of H-pyrrole nitrogens is 1. The summed E-state index contributed by atoms with van der Waals surface area (Å²) in [4.78, 5) is 30.7. The third-order valence-electron chi connectivity index (χ3n) is 3.14. The number of nitrogens with one attached hydrogen (secondary N) is 2. The lowest BCUT2D eigenvalue weighted by molar-refractivity contribution is 0.0700. The van der Waals surface area contributed by atoms with Crippen molar-refractivity contribution in [2.24, 2.45) is 0 Å². The number of para-hydroxylation sites is 1. The highest BCUT2D eigenvalue weighted by Crippen LogP contribution is 2.18. The van der Waals surface area contributed by atoms with Crippen molar-refractivity contribution in [3.63, 3.8) is 0 Å². The number of hydroxylamine groups is 1. The lowest BCUT2D eigenvalue weighted by Gasteiger charge is -1.99. The molecule has 3 aromatic rings. The van der Waals surface area contributed by atoms with Crippen LogP contribution in [0.2, 0.25) is 0 Å². The zero-order valence-electron chi connectivity index (χ0n) is 11.0. The van der Waals surface area contributed by atoms with E-state index in [1.807, 2.05) is 0 Å². The fourth-order valence-corrected chi connectivity index (χ4v) is 2.10. The minimum Gasteiger partial charge on any atom is -0.463 e. The van der Waals surface area contributed by atoms with Crippen molar-refractivity contribution in [1.82, 2.24) is 15.4 Å². The molecule has 0 aliphatic heterocycles. The second-order valence-corrected chi connectivity index (χ2v) is 4.47. The molecule has 21 heavy (non-hydrogen) atoms. The molecule has 0 aliphatic carbocycles. The fourth-order valence-electron chi connectivity index (χ4n) is 2.10. The number of nitrogens with zero attached hydrogens (tertiary/aromatic N) is 1. The van der Waals surface area contributed by atoms with Crippen LogP contribution in [0.1, 0.15) is 16.2 Å². The van der Waals surface area contributed by atoms with Gasteiger partial charge in [0, 0.05) is 5.69 Å². The molecule has 0 aliphatic rings. The van der Waals surface area contributed by atoms with E-state index in [1.165, 1.54) is 11.7 Å². The fraction of sp³-hybridized carbons (Fsp3) is 0.0714. The number of carbonyl (C=O) groups is 1. The zero-order chi connectivity index (χ0) is 15.0. The lowest BCUT2D eigenvalue weighted by atomic mass is 10.1. The normalized spacial score (nSPS) is 10.8. The molecule has 3 N–H and O–H groups in total. The standard InChI is InChI=1S/C14H11N3O4/c1-7-11(14(19)17-20)16-13(15-7)9-6-21-10-5-3-2-4-8(10)12(9)18/h2-6,20H,1H3,(H,15,16)(H,17,19). The van der Waals surface area contributed by atoms with Crippen molar-refractivity contribution >= 4 is 16.9 Å². The summed E-state index contributed by atoms with van der Waals surface area (Å²) in [5.41, 5.74) is 2.40. The molecule has 0 bridgehead atoms. The van der Waals surface area contributed by atoms with Gasteiger partial charge in [-0.25, -0.2) is 10.5 Å². The van der Waals surface area contributed by atoms with Crippen LogP contribution >= 0.6 is 0 Å². The van der Waals surface area contributed by atoms with E-state index in [0.717, 1.165) is 0 Å². The first-order valence-corrected chi connectivity index (χ1v) is 6.13. The van der Waals surface area contributed by atoms with E-state index in [-0.39, 0.29) is 22.5 Å². The van der Waals surface area contributed by atoms with Gasteiger partial charge < -0.3 is 9.40 Å². The van der Waals surface area contributed by atoms with Crippen molar-refractivity contribution in [3.05, 3.63) is 52.1 Å². The SMILES string of the molecule is Cc1[nH]c(-c2coc3ccccc3c2=O)nc1C(=O)NO. The summed E-state index contributed by atoms with van der Waals surface area (Å²) < 4.78 is 5.40. The van der Waals surface area contributed by atoms with E-state index in [9.17, 15) is 9.59 Å². The molecule has 0 saturated heterocycles. The summed E-state index contributed by atoms with van der Waals surface area (Å²) >= 11 is 0. The number of rotatable bonds is 2. The number of amides is 1. The second-order valence-electron chi connectivity index (χ2n) is 4.47. The van der Waals surface area contributed by atoms with Crippen LogP contribution in [0.25, 0.3) is 22.4 Å². The van der Waals surface area contributed by atoms with Gasteiger partial charge in [-0.3, -0.25) is 14.8 Å². The zero-order valence-corrected chi connectivity index (χ0v) is 11.0. The third kappa shape index (κ3) is 2.09. The van der Waals surface area contributed by atoms with Gasteiger partial charge in [-0.1, -0.05) is 12.1 Å². The Morgan fingerprint density at radius 2 is 2.14 bits per heavy atom. The van der Waals surface area contributed by atoms with Crippen molar-refractivity contribution in [3.8, 4) is 11.4 Å². The largest absolute Gasteiger partial charge is 0.463 e. The topological polar surface area (TPSA) is 108 Å². The Bertz CT molecular complexity index is 895. The number of aryl methyl sites for hydroxylation is 1. The number of carbonyl (C=O) groups excluding carboxylic acids is 1. The van der Waals surface area contributed by atoms with Crippen LogP contribution in [-0.4, -0.2) is 21.1 Å². The van der Waals surface area contributed by atoms with Gasteiger partial charge in [-0.15, -0.1) is 0 Å². The molecular formula is C14H11N3O4. The third-order valence-corrected chi connectivity index (χ3v) is 3.14. The maximum absolute atomic E-state index is 12.4. The average Bonchev–Trinajstić information content (AvgIpc) is 2.89. The molecular weight excluding hydrogens is 274 g/mol. The van der Waals surface area contributed by atoms with Gasteiger partial charge in [-0.05, 0) is 19.1 Å². The summed E-state index contributed by atoms with van der Waals surface area (Å²) in [7, 11) is 0. The molecule has 1 amide bonds. The van der Waals surface area contributed by atoms with Crippen LogP contribution in [0.15, 0.2) is 39.7 Å². The van der Waals surface area contributed by atoms with E-state index < -0.39 is 5.91 Å². The summed E-state index contributed by atoms with van der Waals surface area (Å²) in [5.74, 6) is -0.536. The molecule has 7 nitrogen and oxygen atoms in total. The van der Waals surface area contributed by atoms with Gasteiger partial charge >= 0.3 is 0 Å². The molecule has 0 atom stereocenters. The first-order valence-electron chi connectivity index (χ1n) is 6.13. The van der Waals surface area contributed by atoms with E-state index >= 15 is 0 Å². The number of fused-ring (bicyclic) bond motifs is 1. The van der Waals surface area contributed by atoms with Crippen LogP contribution in [0.3, 0.4) is 0 Å². The monoisotopic (exact) mass is 285 g/mol. The molecule has 2 heterocycles. The van der Waals surface area contributed by atoms with Gasteiger partial charge in [0.25, 0.3) is 5.91 Å². The summed E-state index contributed by atoms with van der Waals surface area (Å²) in [6, 6.07) is 6.85. The van der Waals surface area contributed by atoms with E-state index in [2.05, 4.69) is 9.97 Å². The number of benzene rings is 1. The maximum atomic E-state index is 12.4. The Morgan fingerprint density at radius 1 is 1.38 bits per heavy atom. The summed E-state index contributed by atoms with van der Waals surface area (Å²) in [5, 5.41) is 9.08. The van der Waals surface area contributed by atoms with Crippen LogP contribution in [0, 0.1) is 6.92 Å². The van der Waals surface area contributed by atoms with Crippen molar-refractivity contribution in [2.75, 3.05) is 0 Å². The molecule has 0 fully saturated rings. The minimum atomic E-state index is -0.750. The van der Waals surface area contributed by atoms with E-state index in [4.69, 9.17) is 9.62 Å². The molecule has 0 unspecified atom stereocenters. The van der Waals surface area contributed by atoms with Crippen LogP contribution in [-0.2, 0) is 0 Å². The summed E-state index contributed by atoms with van der Waals surface area (Å²) in [6.45, 7) is 1.61. The Labute approximate surface area is 118 Å². The molecule has 0 saturated carbocycles. The Kier molecular flexibility index (Phi) is 3.03. The Hall–Kier alpha value is -2.93. The van der Waals surface area contributed by atoms with Crippen LogP contribution in [0.4, 0.5) is 0 Å². The number of hydrogen-bond donors (Lipinski definition) is 3. The quantitative estimate of drug-likeness (QED) is 0.489. The first kappa shape index (κ1) is 13.1. The van der Waals surface area contributed by atoms with Crippen molar-refractivity contribution < 1.29 is 14.4 Å².